The molecule has 0 spiro atoms. The molecule has 2 heterocycles. The minimum atomic E-state index is -3.36. The summed E-state index contributed by atoms with van der Waals surface area (Å²) in [6.07, 6.45) is 1.49. The summed E-state index contributed by atoms with van der Waals surface area (Å²) in [5.41, 5.74) is 0.555. The Morgan fingerprint density at radius 3 is 2.73 bits per heavy atom. The van der Waals surface area contributed by atoms with Crippen LogP contribution >= 0.6 is 11.6 Å². The number of nitrogens with zero attached hydrogens (tertiary/aromatic N) is 3. The fourth-order valence-electron chi connectivity index (χ4n) is 1.44. The monoisotopic (exact) mass is 247 g/mol. The number of aromatic nitrogens is 1. The molecule has 2 rings (SSSR count). The number of rotatable bonds is 1. The zero-order valence-electron chi connectivity index (χ0n) is 8.09. The fraction of sp³-hybridized carbons (Fsp3) is 0.375. The molecule has 0 saturated carbocycles. The normalized spacial score (nSPS) is 20.8. The molecule has 0 atom stereocenters. The Hall–Kier alpha value is -0.850. The standard InChI is InChI=1S/C8H10ClN3O2S/c1-11-4-5-12(15(11,13)14)7-2-3-10-8(9)6-7/h2-3,6H,4-5H2,1H3. The largest absolute Gasteiger partial charge is 0.303 e. The van der Waals surface area contributed by atoms with Gasteiger partial charge in [-0.1, -0.05) is 11.6 Å². The first-order valence-corrected chi connectivity index (χ1v) is 6.15. The molecule has 82 valence electrons. The van der Waals surface area contributed by atoms with Gasteiger partial charge in [0.2, 0.25) is 0 Å². The van der Waals surface area contributed by atoms with Crippen molar-refractivity contribution >= 4 is 27.5 Å². The smallest absolute Gasteiger partial charge is 0.256 e. The lowest BCUT2D eigenvalue weighted by Crippen LogP contribution is -2.30. The molecular weight excluding hydrogens is 238 g/mol. The van der Waals surface area contributed by atoms with Crippen LogP contribution in [0, 0.1) is 0 Å². The summed E-state index contributed by atoms with van der Waals surface area (Å²) in [6, 6.07) is 3.17. The lowest BCUT2D eigenvalue weighted by atomic mass is 10.4. The van der Waals surface area contributed by atoms with Crippen LogP contribution in [-0.4, -0.2) is 37.8 Å². The van der Waals surface area contributed by atoms with E-state index in [1.54, 1.807) is 13.1 Å². The van der Waals surface area contributed by atoms with E-state index in [0.29, 0.717) is 18.8 Å². The molecule has 0 radical (unpaired) electrons. The first-order chi connectivity index (χ1) is 7.01. The number of hydrogen-bond acceptors (Lipinski definition) is 3. The van der Waals surface area contributed by atoms with Gasteiger partial charge in [-0.25, -0.2) is 4.98 Å². The van der Waals surface area contributed by atoms with Crippen LogP contribution in [0.2, 0.25) is 5.15 Å². The van der Waals surface area contributed by atoms with Crippen LogP contribution in [0.1, 0.15) is 0 Å². The van der Waals surface area contributed by atoms with Crippen molar-refractivity contribution in [2.75, 3.05) is 24.4 Å². The Morgan fingerprint density at radius 1 is 1.47 bits per heavy atom. The Kier molecular flexibility index (Phi) is 2.57. The van der Waals surface area contributed by atoms with E-state index in [1.807, 2.05) is 0 Å². The summed E-state index contributed by atoms with van der Waals surface area (Å²) in [6.45, 7) is 0.932. The third-order valence-corrected chi connectivity index (χ3v) is 4.42. The predicted molar refractivity (Wildman–Crippen MR) is 58.1 cm³/mol. The van der Waals surface area contributed by atoms with Gasteiger partial charge in [0.05, 0.1) is 5.69 Å². The lowest BCUT2D eigenvalue weighted by Gasteiger charge is -2.17. The summed E-state index contributed by atoms with van der Waals surface area (Å²) in [4.78, 5) is 3.81. The summed E-state index contributed by atoms with van der Waals surface area (Å²) in [7, 11) is -1.80. The van der Waals surface area contributed by atoms with Crippen molar-refractivity contribution in [2.24, 2.45) is 0 Å². The molecule has 5 nitrogen and oxygen atoms in total. The van der Waals surface area contributed by atoms with Gasteiger partial charge in [0.15, 0.2) is 0 Å². The van der Waals surface area contributed by atoms with Crippen LogP contribution in [0.5, 0.6) is 0 Å². The van der Waals surface area contributed by atoms with Gasteiger partial charge in [0, 0.05) is 26.3 Å². The molecule has 1 aromatic heterocycles. The van der Waals surface area contributed by atoms with Gasteiger partial charge in [-0.05, 0) is 12.1 Å². The highest BCUT2D eigenvalue weighted by Gasteiger charge is 2.33. The van der Waals surface area contributed by atoms with E-state index >= 15 is 0 Å². The second kappa shape index (κ2) is 3.62. The Bertz CT molecular complexity index is 477. The molecule has 0 aliphatic carbocycles. The molecule has 7 heteroatoms. The number of pyridine rings is 1. The number of halogens is 1. The SMILES string of the molecule is CN1CCN(c2ccnc(Cl)c2)S1(=O)=O. The van der Waals surface area contributed by atoms with Crippen molar-refractivity contribution in [1.82, 2.24) is 9.29 Å². The molecule has 15 heavy (non-hydrogen) atoms. The Morgan fingerprint density at radius 2 is 2.20 bits per heavy atom. The molecule has 0 aromatic carbocycles. The summed E-state index contributed by atoms with van der Waals surface area (Å²) < 4.78 is 26.2. The van der Waals surface area contributed by atoms with Crippen molar-refractivity contribution in [3.05, 3.63) is 23.5 Å². The third-order valence-electron chi connectivity index (χ3n) is 2.29. The molecule has 0 amide bonds. The highest BCUT2D eigenvalue weighted by atomic mass is 35.5. The molecule has 0 N–H and O–H groups in total. The van der Waals surface area contributed by atoms with Gasteiger partial charge in [-0.2, -0.15) is 12.7 Å². The highest BCUT2D eigenvalue weighted by molar-refractivity contribution is 7.90. The molecule has 1 aliphatic rings. The maximum atomic E-state index is 11.8. The van der Waals surface area contributed by atoms with Crippen molar-refractivity contribution in [2.45, 2.75) is 0 Å². The summed E-state index contributed by atoms with van der Waals surface area (Å²) in [5.74, 6) is 0. The molecule has 0 bridgehead atoms. The highest BCUT2D eigenvalue weighted by Crippen LogP contribution is 2.25. The number of hydrogen-bond donors (Lipinski definition) is 0. The minimum Gasteiger partial charge on any atom is -0.256 e. The van der Waals surface area contributed by atoms with Crippen LogP contribution in [0.25, 0.3) is 0 Å². The number of anilines is 1. The van der Waals surface area contributed by atoms with Crippen LogP contribution in [0.4, 0.5) is 5.69 Å². The third kappa shape index (κ3) is 1.80. The van der Waals surface area contributed by atoms with Gasteiger partial charge in [0.1, 0.15) is 5.15 Å². The molecule has 1 aliphatic heterocycles. The minimum absolute atomic E-state index is 0.289. The van der Waals surface area contributed by atoms with Gasteiger partial charge in [0.25, 0.3) is 0 Å². The topological polar surface area (TPSA) is 53.5 Å². The van der Waals surface area contributed by atoms with E-state index < -0.39 is 10.2 Å². The second-order valence-electron chi connectivity index (χ2n) is 3.24. The van der Waals surface area contributed by atoms with Crippen molar-refractivity contribution in [3.8, 4) is 0 Å². The van der Waals surface area contributed by atoms with Crippen molar-refractivity contribution in [1.29, 1.82) is 0 Å². The molecule has 1 saturated heterocycles. The van der Waals surface area contributed by atoms with Crippen LogP contribution < -0.4 is 4.31 Å². The van der Waals surface area contributed by atoms with Crippen molar-refractivity contribution < 1.29 is 8.42 Å². The Balaban J connectivity index is 2.41. The second-order valence-corrected chi connectivity index (χ2v) is 5.59. The predicted octanol–water partition coefficient (Wildman–Crippen LogP) is 0.732. The molecule has 1 aromatic rings. The van der Waals surface area contributed by atoms with E-state index in [9.17, 15) is 8.42 Å². The maximum Gasteiger partial charge on any atom is 0.303 e. The van der Waals surface area contributed by atoms with Crippen LogP contribution in [0.15, 0.2) is 18.3 Å². The fourth-order valence-corrected chi connectivity index (χ4v) is 2.95. The average Bonchev–Trinajstić information content (AvgIpc) is 2.42. The maximum absolute atomic E-state index is 11.8. The zero-order chi connectivity index (χ0) is 11.1. The van der Waals surface area contributed by atoms with E-state index in [-0.39, 0.29) is 5.15 Å². The van der Waals surface area contributed by atoms with E-state index in [1.165, 1.54) is 20.9 Å². The average molecular weight is 248 g/mol. The van der Waals surface area contributed by atoms with Crippen LogP contribution in [0.3, 0.4) is 0 Å². The summed E-state index contributed by atoms with van der Waals surface area (Å²) in [5, 5.41) is 0.289. The first-order valence-electron chi connectivity index (χ1n) is 4.37. The van der Waals surface area contributed by atoms with Gasteiger partial charge >= 0.3 is 10.2 Å². The summed E-state index contributed by atoms with van der Waals surface area (Å²) >= 11 is 5.71. The van der Waals surface area contributed by atoms with Crippen molar-refractivity contribution in [3.63, 3.8) is 0 Å². The Labute approximate surface area is 93.5 Å². The lowest BCUT2D eigenvalue weighted by molar-refractivity contribution is 0.511. The molecule has 1 fully saturated rings. The van der Waals surface area contributed by atoms with E-state index in [2.05, 4.69) is 4.98 Å². The number of likely N-dealkylation sites (N-methyl/N-ethyl adjacent to an activating group) is 1. The molecular formula is C8H10ClN3O2S. The van der Waals surface area contributed by atoms with Gasteiger partial charge < -0.3 is 0 Å². The van der Waals surface area contributed by atoms with Crippen LogP contribution in [-0.2, 0) is 10.2 Å². The van der Waals surface area contributed by atoms with Gasteiger partial charge in [-0.15, -0.1) is 0 Å². The first kappa shape index (κ1) is 10.7. The van der Waals surface area contributed by atoms with E-state index in [4.69, 9.17) is 11.6 Å². The quantitative estimate of drug-likeness (QED) is 0.688. The molecule has 0 unspecified atom stereocenters. The van der Waals surface area contributed by atoms with E-state index in [0.717, 1.165) is 0 Å². The van der Waals surface area contributed by atoms with Gasteiger partial charge in [-0.3, -0.25) is 4.31 Å². The zero-order valence-corrected chi connectivity index (χ0v) is 9.66.